The number of hydrogen-bond acceptors (Lipinski definition) is 5. The lowest BCUT2D eigenvalue weighted by Gasteiger charge is -2.35. The minimum absolute atomic E-state index is 0.0292. The number of ether oxygens (including phenoxy) is 2. The number of likely N-dealkylation sites (tertiary alicyclic amines) is 1. The molecule has 0 aliphatic carbocycles. The molecule has 2 aromatic carbocycles. The largest absolute Gasteiger partial charge is 0.493 e. The van der Waals surface area contributed by atoms with Crippen LogP contribution in [0.25, 0.3) is 0 Å². The minimum atomic E-state index is -0.648. The summed E-state index contributed by atoms with van der Waals surface area (Å²) in [6, 6.07) is 14.3. The van der Waals surface area contributed by atoms with Crippen LogP contribution >= 0.6 is 11.6 Å². The minimum Gasteiger partial charge on any atom is -0.493 e. The molecule has 0 radical (unpaired) electrons. The molecule has 2 atom stereocenters. The maximum atomic E-state index is 13.1. The highest BCUT2D eigenvalue weighted by molar-refractivity contribution is 6.30. The number of hydrogen-bond donors (Lipinski definition) is 1. The summed E-state index contributed by atoms with van der Waals surface area (Å²) in [5.74, 6) is 0.708. The summed E-state index contributed by atoms with van der Waals surface area (Å²) in [6.45, 7) is 8.07. The van der Waals surface area contributed by atoms with Crippen molar-refractivity contribution in [1.29, 1.82) is 0 Å². The third kappa shape index (κ3) is 5.81. The van der Waals surface area contributed by atoms with Gasteiger partial charge in [-0.15, -0.1) is 0 Å². The van der Waals surface area contributed by atoms with Gasteiger partial charge < -0.3 is 14.8 Å². The lowest BCUT2D eigenvalue weighted by atomic mass is 9.99. The first kappa shape index (κ1) is 24.1. The van der Waals surface area contributed by atoms with Gasteiger partial charge in [-0.2, -0.15) is 0 Å². The molecule has 0 bridgehead atoms. The molecule has 1 N–H and O–H groups in total. The van der Waals surface area contributed by atoms with Crippen LogP contribution in [0.2, 0.25) is 5.02 Å². The van der Waals surface area contributed by atoms with Crippen LogP contribution < -0.4 is 10.1 Å². The van der Waals surface area contributed by atoms with Crippen LogP contribution in [0.4, 0.5) is 0 Å². The molecule has 0 spiro atoms. The Balaban J connectivity index is 1.53. The summed E-state index contributed by atoms with van der Waals surface area (Å²) in [4.78, 5) is 26.9. The van der Waals surface area contributed by atoms with Crippen LogP contribution in [0.3, 0.4) is 0 Å². The second kappa shape index (κ2) is 10.4. The van der Waals surface area contributed by atoms with Crippen molar-refractivity contribution < 1.29 is 19.1 Å². The highest BCUT2D eigenvalue weighted by atomic mass is 35.5. The van der Waals surface area contributed by atoms with E-state index in [-0.39, 0.29) is 17.9 Å². The normalized spacial score (nSPS) is 17.6. The van der Waals surface area contributed by atoms with Crippen LogP contribution in [0.5, 0.6) is 5.75 Å². The molecular weight excluding hydrogens is 428 g/mol. The maximum Gasteiger partial charge on any atom is 0.337 e. The Bertz CT molecular complexity index is 945. The van der Waals surface area contributed by atoms with E-state index in [4.69, 9.17) is 21.1 Å². The number of nitrogens with zero attached hydrogens (tertiary/aromatic N) is 1. The van der Waals surface area contributed by atoms with Crippen LogP contribution in [0.15, 0.2) is 48.5 Å². The fourth-order valence-corrected chi connectivity index (χ4v) is 4.05. The topological polar surface area (TPSA) is 67.9 Å². The fourth-order valence-electron chi connectivity index (χ4n) is 3.87. The Morgan fingerprint density at radius 2 is 1.94 bits per heavy atom. The molecule has 2 aromatic rings. The van der Waals surface area contributed by atoms with Crippen LogP contribution in [0.1, 0.15) is 49.2 Å². The van der Waals surface area contributed by atoms with Gasteiger partial charge in [-0.1, -0.05) is 29.8 Å². The number of benzene rings is 2. The predicted octanol–water partition coefficient (Wildman–Crippen LogP) is 4.48. The Morgan fingerprint density at radius 3 is 2.59 bits per heavy atom. The Labute approximate surface area is 194 Å². The molecule has 0 saturated carbocycles. The average Bonchev–Trinajstić information content (AvgIpc) is 3.27. The highest BCUT2D eigenvalue weighted by Gasteiger charge is 2.39. The van der Waals surface area contributed by atoms with Crippen LogP contribution in [-0.2, 0) is 9.53 Å². The van der Waals surface area contributed by atoms with E-state index in [2.05, 4.69) is 10.2 Å². The Kier molecular flexibility index (Phi) is 7.80. The molecule has 32 heavy (non-hydrogen) atoms. The van der Waals surface area contributed by atoms with Crippen molar-refractivity contribution in [1.82, 2.24) is 10.2 Å². The van der Waals surface area contributed by atoms with Gasteiger partial charge in [-0.3, -0.25) is 9.69 Å². The van der Waals surface area contributed by atoms with E-state index in [1.54, 1.807) is 12.1 Å². The Hall–Kier alpha value is -2.57. The number of amides is 1. The van der Waals surface area contributed by atoms with Gasteiger partial charge in [0.15, 0.2) is 0 Å². The van der Waals surface area contributed by atoms with Gasteiger partial charge in [-0.05, 0) is 69.6 Å². The molecule has 1 aliphatic heterocycles. The lowest BCUT2D eigenvalue weighted by molar-refractivity contribution is -0.131. The first-order valence-corrected chi connectivity index (χ1v) is 11.2. The molecule has 1 heterocycles. The first-order valence-electron chi connectivity index (χ1n) is 10.8. The third-order valence-electron chi connectivity index (χ3n) is 6.09. The van der Waals surface area contributed by atoms with E-state index < -0.39 is 5.54 Å². The van der Waals surface area contributed by atoms with E-state index in [0.29, 0.717) is 23.1 Å². The van der Waals surface area contributed by atoms with Gasteiger partial charge in [0.25, 0.3) is 0 Å². The van der Waals surface area contributed by atoms with Crippen LogP contribution in [-0.4, -0.2) is 49.1 Å². The predicted molar refractivity (Wildman–Crippen MR) is 125 cm³/mol. The average molecular weight is 459 g/mol. The van der Waals surface area contributed by atoms with Crippen molar-refractivity contribution in [2.75, 3.05) is 26.8 Å². The van der Waals surface area contributed by atoms with Gasteiger partial charge in [0, 0.05) is 17.5 Å². The summed E-state index contributed by atoms with van der Waals surface area (Å²) < 4.78 is 10.6. The number of carbonyl (C=O) groups is 2. The number of nitrogens with one attached hydrogen (secondary N) is 1. The molecule has 0 unspecified atom stereocenters. The number of esters is 1. The molecule has 1 saturated heterocycles. The van der Waals surface area contributed by atoms with Crippen molar-refractivity contribution >= 4 is 23.5 Å². The second-order valence-electron chi connectivity index (χ2n) is 8.74. The van der Waals surface area contributed by atoms with Crippen molar-refractivity contribution in [3.63, 3.8) is 0 Å². The van der Waals surface area contributed by atoms with Gasteiger partial charge >= 0.3 is 5.97 Å². The molecule has 3 rings (SSSR count). The van der Waals surface area contributed by atoms with E-state index in [9.17, 15) is 9.59 Å². The highest BCUT2D eigenvalue weighted by Crippen LogP contribution is 2.27. The molecular formula is C25H31ClN2O4. The lowest BCUT2D eigenvalue weighted by Crippen LogP contribution is -2.54. The van der Waals surface area contributed by atoms with E-state index in [1.807, 2.05) is 57.2 Å². The number of methoxy groups -OCH3 is 1. The van der Waals surface area contributed by atoms with E-state index >= 15 is 0 Å². The van der Waals surface area contributed by atoms with Gasteiger partial charge in [0.2, 0.25) is 5.91 Å². The van der Waals surface area contributed by atoms with Gasteiger partial charge in [0.05, 0.1) is 30.9 Å². The first-order chi connectivity index (χ1) is 15.2. The Morgan fingerprint density at radius 1 is 1.22 bits per heavy atom. The molecule has 1 fully saturated rings. The monoisotopic (exact) mass is 458 g/mol. The van der Waals surface area contributed by atoms with E-state index in [1.165, 1.54) is 7.11 Å². The number of carbonyl (C=O) groups excluding carboxylic acids is 2. The SMILES string of the molecule is COC(=O)c1ccc([C@H](C)NC(=O)C(C)(C)N2CC[C@@H](COc3cccc(Cl)c3)C2)cc1. The second-order valence-corrected chi connectivity index (χ2v) is 9.17. The number of halogens is 1. The quantitative estimate of drug-likeness (QED) is 0.590. The third-order valence-corrected chi connectivity index (χ3v) is 6.33. The molecule has 172 valence electrons. The summed E-state index contributed by atoms with van der Waals surface area (Å²) in [7, 11) is 1.35. The number of rotatable bonds is 8. The smallest absolute Gasteiger partial charge is 0.337 e. The zero-order valence-electron chi connectivity index (χ0n) is 19.1. The van der Waals surface area contributed by atoms with Crippen molar-refractivity contribution in [3.05, 3.63) is 64.7 Å². The molecule has 7 heteroatoms. The van der Waals surface area contributed by atoms with Crippen molar-refractivity contribution in [2.45, 2.75) is 38.8 Å². The summed E-state index contributed by atoms with van der Waals surface area (Å²) in [5, 5.41) is 3.77. The molecule has 0 aromatic heterocycles. The maximum absolute atomic E-state index is 13.1. The van der Waals surface area contributed by atoms with Crippen molar-refractivity contribution in [2.24, 2.45) is 5.92 Å². The van der Waals surface area contributed by atoms with Gasteiger partial charge in [-0.25, -0.2) is 4.79 Å². The zero-order valence-corrected chi connectivity index (χ0v) is 19.8. The summed E-state index contributed by atoms with van der Waals surface area (Å²) >= 11 is 6.02. The molecule has 1 aliphatic rings. The standard InChI is InChI=1S/C25H31ClN2O4/c1-17(19-8-10-20(11-9-19)23(29)31-4)27-24(30)25(2,3)28-13-12-18(15-28)16-32-22-7-5-6-21(26)14-22/h5-11,14,17-18H,12-13,15-16H2,1-4H3,(H,27,30)/t17-,18+/m0/s1. The zero-order chi connectivity index (χ0) is 23.3. The summed E-state index contributed by atoms with van der Waals surface area (Å²) in [5.41, 5.74) is 0.764. The molecule has 6 nitrogen and oxygen atoms in total. The van der Waals surface area contributed by atoms with Gasteiger partial charge in [0.1, 0.15) is 5.75 Å². The van der Waals surface area contributed by atoms with Crippen molar-refractivity contribution in [3.8, 4) is 5.75 Å². The van der Waals surface area contributed by atoms with Crippen LogP contribution in [0, 0.1) is 5.92 Å². The molecule has 1 amide bonds. The van der Waals surface area contributed by atoms with E-state index in [0.717, 1.165) is 30.8 Å². The summed E-state index contributed by atoms with van der Waals surface area (Å²) in [6.07, 6.45) is 0.974. The fraction of sp³-hybridized carbons (Fsp3) is 0.440.